The van der Waals surface area contributed by atoms with Crippen LogP contribution in [0, 0.1) is 24.5 Å². The quantitative estimate of drug-likeness (QED) is 0.0869. The van der Waals surface area contributed by atoms with Crippen molar-refractivity contribution in [3.8, 4) is 22.6 Å². The first kappa shape index (κ1) is 51.0. The first-order chi connectivity index (χ1) is 35.6. The van der Waals surface area contributed by atoms with Crippen LogP contribution in [-0.2, 0) is 22.2 Å². The van der Waals surface area contributed by atoms with Crippen molar-refractivity contribution in [1.29, 1.82) is 0 Å². The number of carbonyl (C=O) groups is 4. The number of halogens is 3. The minimum atomic E-state index is -1.38. The number of carbonyl (C=O) groups excluding carboxylic acids is 4. The van der Waals surface area contributed by atoms with Gasteiger partial charge in [-0.05, 0) is 111 Å². The summed E-state index contributed by atoms with van der Waals surface area (Å²) in [7, 11) is 1.85. The number of aryl methyl sites for hydroxylation is 1. The maximum Gasteiger partial charge on any atom is 0.329 e. The highest BCUT2D eigenvalue weighted by atomic mass is 19.1. The second-order valence-corrected chi connectivity index (χ2v) is 21.0. The molecule has 5 heterocycles. The molecule has 74 heavy (non-hydrogen) atoms. The number of anilines is 1. The number of primary amides is 1. The highest BCUT2D eigenvalue weighted by Gasteiger charge is 2.50. The number of hydrogen-bond acceptors (Lipinski definition) is 10. The fourth-order valence-corrected chi connectivity index (χ4v) is 12.4. The summed E-state index contributed by atoms with van der Waals surface area (Å²) < 4.78 is 63.2. The van der Waals surface area contributed by atoms with E-state index in [9.17, 15) is 24.3 Å². The smallest absolute Gasteiger partial charge is 0.329 e. The standard InChI is InChI=1S/C56H65F3N8O7/c1-33-42(57)30-45-48(47(33)49-41(51(60)70)15-16-44(50(49)58)73-28-27-68)34(2)56(74-45,38-7-5-4-6-8-38)31-61-39-12-9-36(10-13-39)53(71)66-25-20-55(59,21-26-66)32-65-22-17-35(18-23-65)37-11-14-40-43(29-37)64(3)63-52(40)67-24-19-46(69)62-54(67)72/h4-8,11,14-16,29-30,34-36,39,61,68H,9-10,12-13,17-28,31-32H2,1-3H3,(H2,60,70)(H,62,69,72). The zero-order chi connectivity index (χ0) is 52.1. The summed E-state index contributed by atoms with van der Waals surface area (Å²) in [5.41, 5.74) is 6.71. The largest absolute Gasteiger partial charge is 0.488 e. The van der Waals surface area contributed by atoms with Crippen LogP contribution in [0.25, 0.3) is 22.0 Å². The van der Waals surface area contributed by atoms with Gasteiger partial charge in [-0.3, -0.25) is 29.3 Å². The summed E-state index contributed by atoms with van der Waals surface area (Å²) in [5.74, 6) is -2.47. The lowest BCUT2D eigenvalue weighted by molar-refractivity contribution is -0.139. The molecule has 10 rings (SSSR count). The molecule has 2 atom stereocenters. The van der Waals surface area contributed by atoms with Crippen LogP contribution in [0.5, 0.6) is 11.5 Å². The Bertz CT molecular complexity index is 2970. The Hall–Kier alpha value is -6.50. The molecule has 15 nitrogen and oxygen atoms in total. The van der Waals surface area contributed by atoms with Crippen LogP contribution in [0.3, 0.4) is 0 Å². The van der Waals surface area contributed by atoms with Gasteiger partial charge in [0.1, 0.15) is 23.8 Å². The molecular formula is C56H65F3N8O7. The van der Waals surface area contributed by atoms with Crippen LogP contribution in [0.4, 0.5) is 23.8 Å². The van der Waals surface area contributed by atoms with E-state index < -0.39 is 40.8 Å². The Kier molecular flexibility index (Phi) is 14.2. The molecular weight excluding hydrogens is 954 g/mol. The molecule has 2 unspecified atom stereocenters. The van der Waals surface area contributed by atoms with Crippen molar-refractivity contribution in [1.82, 2.24) is 30.2 Å². The molecule has 4 fully saturated rings. The van der Waals surface area contributed by atoms with Gasteiger partial charge in [-0.15, -0.1) is 0 Å². The van der Waals surface area contributed by atoms with Crippen molar-refractivity contribution in [2.75, 3.05) is 63.9 Å². The summed E-state index contributed by atoms with van der Waals surface area (Å²) in [4.78, 5) is 56.7. The number of benzene rings is 4. The molecule has 5 amide bonds. The highest BCUT2D eigenvalue weighted by Crippen LogP contribution is 2.56. The number of amides is 5. The fraction of sp³-hybridized carbons (Fsp3) is 0.482. The van der Waals surface area contributed by atoms with Crippen molar-refractivity contribution in [2.24, 2.45) is 18.7 Å². The van der Waals surface area contributed by atoms with Crippen LogP contribution in [0.15, 0.2) is 66.7 Å². The number of fused-ring (bicyclic) bond motifs is 2. The second-order valence-electron chi connectivity index (χ2n) is 21.0. The van der Waals surface area contributed by atoms with Crippen LogP contribution in [0.2, 0.25) is 0 Å². The molecule has 0 bridgehead atoms. The second kappa shape index (κ2) is 20.7. The monoisotopic (exact) mass is 1020 g/mol. The average molecular weight is 1020 g/mol. The van der Waals surface area contributed by atoms with E-state index in [0.717, 1.165) is 55.2 Å². The number of alkyl halides is 1. The lowest BCUT2D eigenvalue weighted by Gasteiger charge is -2.42. The Labute approximate surface area is 428 Å². The summed E-state index contributed by atoms with van der Waals surface area (Å²) in [6.07, 6.45) is 5.38. The minimum absolute atomic E-state index is 0.0365. The Balaban J connectivity index is 0.741. The number of ether oxygens (including phenoxy) is 2. The fourth-order valence-electron chi connectivity index (χ4n) is 12.4. The number of imide groups is 1. The van der Waals surface area contributed by atoms with Crippen LogP contribution in [-0.4, -0.2) is 119 Å². The van der Waals surface area contributed by atoms with Crippen LogP contribution < -0.4 is 30.7 Å². The third-order valence-electron chi connectivity index (χ3n) is 16.6. The van der Waals surface area contributed by atoms with Gasteiger partial charge >= 0.3 is 6.03 Å². The van der Waals surface area contributed by atoms with Gasteiger partial charge in [0.05, 0.1) is 17.7 Å². The van der Waals surface area contributed by atoms with Crippen LogP contribution >= 0.6 is 0 Å². The van der Waals surface area contributed by atoms with Gasteiger partial charge in [-0.25, -0.2) is 18.0 Å². The van der Waals surface area contributed by atoms with Crippen molar-refractivity contribution in [3.05, 3.63) is 106 Å². The molecule has 1 aromatic heterocycles. The summed E-state index contributed by atoms with van der Waals surface area (Å²) in [6, 6.07) is 19.3. The van der Waals surface area contributed by atoms with E-state index in [1.807, 2.05) is 55.3 Å². The minimum Gasteiger partial charge on any atom is -0.488 e. The molecule has 3 saturated heterocycles. The molecule has 4 aliphatic heterocycles. The molecule has 0 spiro atoms. The number of aromatic nitrogens is 2. The third-order valence-corrected chi connectivity index (χ3v) is 16.6. The number of nitrogens with two attached hydrogens (primary N) is 1. The number of nitrogens with zero attached hydrogens (tertiary/aromatic N) is 5. The maximum atomic E-state index is 16.6. The van der Waals surface area contributed by atoms with Crippen molar-refractivity contribution < 1.29 is 46.9 Å². The first-order valence-corrected chi connectivity index (χ1v) is 26.0. The molecule has 1 aliphatic carbocycles. The van der Waals surface area contributed by atoms with Crippen molar-refractivity contribution in [3.63, 3.8) is 0 Å². The van der Waals surface area contributed by atoms with Gasteiger partial charge in [0, 0.05) is 99.5 Å². The number of rotatable bonds is 14. The molecule has 4 aromatic carbocycles. The zero-order valence-corrected chi connectivity index (χ0v) is 42.2. The van der Waals surface area contributed by atoms with Crippen molar-refractivity contribution in [2.45, 2.75) is 101 Å². The molecule has 5 N–H and O–H groups in total. The van der Waals surface area contributed by atoms with Crippen molar-refractivity contribution >= 4 is 40.5 Å². The molecule has 5 aromatic rings. The number of nitrogens with one attached hydrogen (secondary N) is 2. The Morgan fingerprint density at radius 3 is 2.36 bits per heavy atom. The summed E-state index contributed by atoms with van der Waals surface area (Å²) in [6.45, 7) is 6.15. The van der Waals surface area contributed by atoms with E-state index >= 15 is 13.2 Å². The number of aliphatic hydroxyl groups is 1. The summed E-state index contributed by atoms with van der Waals surface area (Å²) >= 11 is 0. The number of urea groups is 1. The third kappa shape index (κ3) is 9.60. The lowest BCUT2D eigenvalue weighted by Crippen LogP contribution is -2.52. The average Bonchev–Trinajstić information content (AvgIpc) is 3.89. The predicted octanol–water partition coefficient (Wildman–Crippen LogP) is 7.49. The molecule has 5 aliphatic rings. The predicted molar refractivity (Wildman–Crippen MR) is 273 cm³/mol. The van der Waals surface area contributed by atoms with E-state index in [0.29, 0.717) is 69.2 Å². The zero-order valence-electron chi connectivity index (χ0n) is 42.2. The SMILES string of the molecule is Cc1c(F)cc2c(c1-c1c(C(N)=O)ccc(OCCO)c1F)C(C)C(CNC1CCC(C(=O)N3CCC(F)(CN4CCC(c5ccc6c(N7CCC(=O)NC7=O)nn(C)c6c5)CC4)CC3)CC1)(c1ccccc1)O2. The van der Waals surface area contributed by atoms with E-state index in [-0.39, 0.29) is 83.7 Å². The number of aliphatic hydroxyl groups excluding tert-OH is 1. The Morgan fingerprint density at radius 1 is 0.946 bits per heavy atom. The van der Waals surface area contributed by atoms with E-state index in [2.05, 4.69) is 32.8 Å². The molecule has 0 radical (unpaired) electrons. The first-order valence-electron chi connectivity index (χ1n) is 26.0. The molecule has 18 heteroatoms. The van der Waals surface area contributed by atoms with Gasteiger partial charge in [0.15, 0.2) is 23.0 Å². The van der Waals surface area contributed by atoms with E-state index in [4.69, 9.17) is 15.2 Å². The van der Waals surface area contributed by atoms with Gasteiger partial charge in [0.25, 0.3) is 0 Å². The normalized spacial score (nSPS) is 23.4. The van der Waals surface area contributed by atoms with E-state index in [1.165, 1.54) is 35.6 Å². The van der Waals surface area contributed by atoms with Gasteiger partial charge in [-0.2, -0.15) is 5.10 Å². The van der Waals surface area contributed by atoms with Gasteiger partial charge in [-0.1, -0.05) is 43.3 Å². The Morgan fingerprint density at radius 2 is 1.68 bits per heavy atom. The molecule has 392 valence electrons. The maximum absolute atomic E-state index is 16.6. The lowest BCUT2D eigenvalue weighted by atomic mass is 9.76. The van der Waals surface area contributed by atoms with Gasteiger partial charge in [0.2, 0.25) is 17.7 Å². The number of hydrogen-bond donors (Lipinski definition) is 4. The number of likely N-dealkylation sites (tertiary alicyclic amines) is 2. The molecule has 1 saturated carbocycles. The topological polar surface area (TPSA) is 185 Å². The van der Waals surface area contributed by atoms with Crippen LogP contribution in [0.1, 0.15) is 109 Å². The van der Waals surface area contributed by atoms with E-state index in [1.54, 1.807) is 4.68 Å². The van der Waals surface area contributed by atoms with Gasteiger partial charge < -0.3 is 35.4 Å². The summed E-state index contributed by atoms with van der Waals surface area (Å²) in [5, 5.41) is 21.0. The number of piperidine rings is 2. The highest BCUT2D eigenvalue weighted by molar-refractivity contribution is 6.09.